The van der Waals surface area contributed by atoms with Crippen molar-refractivity contribution >= 4 is 29.7 Å². The third-order valence-corrected chi connectivity index (χ3v) is 4.65. The van der Waals surface area contributed by atoms with Gasteiger partial charge in [0, 0.05) is 17.1 Å². The van der Waals surface area contributed by atoms with Gasteiger partial charge in [0.2, 0.25) is 5.91 Å². The van der Waals surface area contributed by atoms with Gasteiger partial charge in [-0.25, -0.2) is 0 Å². The summed E-state index contributed by atoms with van der Waals surface area (Å²) in [7, 11) is 0. The quantitative estimate of drug-likeness (QED) is 0.848. The van der Waals surface area contributed by atoms with Crippen molar-refractivity contribution in [1.29, 1.82) is 0 Å². The van der Waals surface area contributed by atoms with Crippen molar-refractivity contribution in [2.24, 2.45) is 0 Å². The fourth-order valence-corrected chi connectivity index (χ4v) is 3.08. The summed E-state index contributed by atoms with van der Waals surface area (Å²) in [5.41, 5.74) is 0.850. The Labute approximate surface area is 150 Å². The topological polar surface area (TPSA) is 63.2 Å². The fourth-order valence-electron chi connectivity index (χ4n) is 2.76. The summed E-state index contributed by atoms with van der Waals surface area (Å²) >= 11 is 11.2. The minimum atomic E-state index is 0.00497. The number of aromatic amines is 1. The Hall–Kier alpha value is -1.70. The largest absolute Gasteiger partial charge is 0.375 e. The van der Waals surface area contributed by atoms with Gasteiger partial charge in [-0.3, -0.25) is 14.5 Å². The number of nitrogens with zero attached hydrogens (tertiary/aromatic N) is 3. The summed E-state index contributed by atoms with van der Waals surface area (Å²) in [4.78, 5) is 14.6. The molecule has 128 valence electrons. The van der Waals surface area contributed by atoms with Gasteiger partial charge in [0.05, 0.1) is 18.8 Å². The fraction of sp³-hybridized carbons (Fsp3) is 0.438. The summed E-state index contributed by atoms with van der Waals surface area (Å²) in [6, 6.07) is 7.33. The Kier molecular flexibility index (Phi) is 5.03. The Bertz CT molecular complexity index is 786. The Balaban J connectivity index is 1.85. The molecule has 0 aliphatic carbocycles. The molecule has 8 heteroatoms. The van der Waals surface area contributed by atoms with Crippen LogP contribution in [-0.4, -0.2) is 50.9 Å². The van der Waals surface area contributed by atoms with Crippen LogP contribution in [0, 0.1) is 4.77 Å². The Morgan fingerprint density at radius 3 is 2.83 bits per heavy atom. The van der Waals surface area contributed by atoms with Gasteiger partial charge in [0.1, 0.15) is 6.54 Å². The summed E-state index contributed by atoms with van der Waals surface area (Å²) in [6.45, 7) is 5.23. The molecule has 2 aromatic rings. The number of hydrogen-bond acceptors (Lipinski definition) is 4. The number of rotatable bonds is 3. The van der Waals surface area contributed by atoms with Crippen molar-refractivity contribution in [1.82, 2.24) is 19.7 Å². The summed E-state index contributed by atoms with van der Waals surface area (Å²) in [6.07, 6.45) is 0.0400. The lowest BCUT2D eigenvalue weighted by molar-refractivity contribution is -0.143. The molecule has 3 rings (SSSR count). The first kappa shape index (κ1) is 17.1. The normalized spacial score (nSPS) is 21.0. The molecule has 1 aliphatic rings. The summed E-state index contributed by atoms with van der Waals surface area (Å²) in [5, 5.41) is 7.67. The molecular weight excluding hydrogens is 348 g/mol. The van der Waals surface area contributed by atoms with Crippen LogP contribution in [0.4, 0.5) is 0 Å². The van der Waals surface area contributed by atoms with E-state index < -0.39 is 0 Å². The Morgan fingerprint density at radius 2 is 2.12 bits per heavy atom. The molecule has 0 spiro atoms. The lowest BCUT2D eigenvalue weighted by atomic mass is 10.2. The zero-order valence-electron chi connectivity index (χ0n) is 13.5. The molecule has 1 N–H and O–H groups in total. The molecule has 24 heavy (non-hydrogen) atoms. The van der Waals surface area contributed by atoms with Gasteiger partial charge in [-0.05, 0) is 50.3 Å². The van der Waals surface area contributed by atoms with E-state index >= 15 is 0 Å². The van der Waals surface area contributed by atoms with Crippen LogP contribution >= 0.6 is 23.8 Å². The van der Waals surface area contributed by atoms with Crippen molar-refractivity contribution in [2.75, 3.05) is 13.2 Å². The van der Waals surface area contributed by atoms with Crippen LogP contribution in [0.5, 0.6) is 0 Å². The molecule has 0 radical (unpaired) electrons. The zero-order valence-corrected chi connectivity index (χ0v) is 15.1. The molecule has 2 unspecified atom stereocenters. The minimum Gasteiger partial charge on any atom is -0.375 e. The number of benzene rings is 1. The smallest absolute Gasteiger partial charge is 0.243 e. The first-order valence-electron chi connectivity index (χ1n) is 7.78. The number of amides is 1. The molecule has 1 aromatic carbocycles. The van der Waals surface area contributed by atoms with Crippen molar-refractivity contribution in [3.05, 3.63) is 34.1 Å². The van der Waals surface area contributed by atoms with Crippen LogP contribution in [0.15, 0.2) is 24.3 Å². The predicted molar refractivity (Wildman–Crippen MR) is 94.4 cm³/mol. The van der Waals surface area contributed by atoms with Gasteiger partial charge in [-0.15, -0.1) is 0 Å². The number of morpholine rings is 1. The van der Waals surface area contributed by atoms with E-state index in [9.17, 15) is 4.79 Å². The molecule has 6 nitrogen and oxygen atoms in total. The van der Waals surface area contributed by atoms with Crippen LogP contribution in [0.2, 0.25) is 5.02 Å². The maximum absolute atomic E-state index is 12.8. The van der Waals surface area contributed by atoms with E-state index in [0.717, 1.165) is 5.56 Å². The second kappa shape index (κ2) is 7.04. The molecule has 0 bridgehead atoms. The highest BCUT2D eigenvalue weighted by Gasteiger charge is 2.28. The zero-order chi connectivity index (χ0) is 17.3. The SMILES string of the molecule is CC1CN(C(=O)Cn2c(-c3ccc(Cl)cc3)n[nH]c2=S)C(C)CO1. The molecule has 1 amide bonds. The number of halogens is 1. The molecule has 1 aliphatic heterocycles. The predicted octanol–water partition coefficient (Wildman–Crippen LogP) is 2.90. The van der Waals surface area contributed by atoms with Crippen molar-refractivity contribution in [3.63, 3.8) is 0 Å². The van der Waals surface area contributed by atoms with Gasteiger partial charge in [0.25, 0.3) is 0 Å². The first-order chi connectivity index (χ1) is 11.5. The van der Waals surface area contributed by atoms with Crippen LogP contribution in [0.3, 0.4) is 0 Å². The maximum atomic E-state index is 12.8. The van der Waals surface area contributed by atoms with E-state index in [1.54, 1.807) is 16.7 Å². The van der Waals surface area contributed by atoms with Gasteiger partial charge >= 0.3 is 0 Å². The summed E-state index contributed by atoms with van der Waals surface area (Å²) in [5.74, 6) is 0.629. The number of carbonyl (C=O) groups excluding carboxylic acids is 1. The number of nitrogens with one attached hydrogen (secondary N) is 1. The number of aromatic nitrogens is 3. The average molecular weight is 367 g/mol. The molecule has 1 aromatic heterocycles. The van der Waals surface area contributed by atoms with Crippen molar-refractivity contribution in [3.8, 4) is 11.4 Å². The van der Waals surface area contributed by atoms with Crippen LogP contribution < -0.4 is 0 Å². The van der Waals surface area contributed by atoms with Gasteiger partial charge < -0.3 is 9.64 Å². The van der Waals surface area contributed by atoms with E-state index in [-0.39, 0.29) is 24.6 Å². The molecule has 2 atom stereocenters. The van der Waals surface area contributed by atoms with Gasteiger partial charge in [-0.2, -0.15) is 5.10 Å². The highest BCUT2D eigenvalue weighted by molar-refractivity contribution is 7.71. The number of carbonyl (C=O) groups is 1. The highest BCUT2D eigenvalue weighted by Crippen LogP contribution is 2.21. The van der Waals surface area contributed by atoms with Crippen molar-refractivity contribution in [2.45, 2.75) is 32.5 Å². The van der Waals surface area contributed by atoms with E-state index in [1.807, 2.05) is 30.9 Å². The molecule has 0 saturated carbocycles. The lowest BCUT2D eigenvalue weighted by Crippen LogP contribution is -2.51. The van der Waals surface area contributed by atoms with E-state index in [4.69, 9.17) is 28.6 Å². The van der Waals surface area contributed by atoms with Crippen LogP contribution in [0.25, 0.3) is 11.4 Å². The van der Waals surface area contributed by atoms with Crippen molar-refractivity contribution < 1.29 is 9.53 Å². The highest BCUT2D eigenvalue weighted by atomic mass is 35.5. The second-order valence-electron chi connectivity index (χ2n) is 5.98. The van der Waals surface area contributed by atoms with E-state index in [1.165, 1.54) is 0 Å². The van der Waals surface area contributed by atoms with E-state index in [0.29, 0.717) is 28.8 Å². The number of ether oxygens (including phenoxy) is 1. The second-order valence-corrected chi connectivity index (χ2v) is 6.81. The Morgan fingerprint density at radius 1 is 1.42 bits per heavy atom. The molecular formula is C16H19ClN4O2S. The third-order valence-electron chi connectivity index (χ3n) is 4.08. The molecule has 1 saturated heterocycles. The molecule has 1 fully saturated rings. The first-order valence-corrected chi connectivity index (χ1v) is 8.56. The summed E-state index contributed by atoms with van der Waals surface area (Å²) < 4.78 is 7.72. The van der Waals surface area contributed by atoms with Crippen LogP contribution in [0.1, 0.15) is 13.8 Å². The standard InChI is InChI=1S/C16H19ClN4O2S/c1-10-9-23-11(2)7-20(10)14(22)8-21-15(18-19-16(21)24)12-3-5-13(17)6-4-12/h3-6,10-11H,7-9H2,1-2H3,(H,19,24). The average Bonchev–Trinajstić information content (AvgIpc) is 2.91. The van der Waals surface area contributed by atoms with Gasteiger partial charge in [0.15, 0.2) is 10.6 Å². The van der Waals surface area contributed by atoms with E-state index in [2.05, 4.69) is 10.2 Å². The molecule has 2 heterocycles. The number of hydrogen-bond donors (Lipinski definition) is 1. The monoisotopic (exact) mass is 366 g/mol. The maximum Gasteiger partial charge on any atom is 0.243 e. The van der Waals surface area contributed by atoms with Gasteiger partial charge in [-0.1, -0.05) is 11.6 Å². The third kappa shape index (κ3) is 3.53. The lowest BCUT2D eigenvalue weighted by Gasteiger charge is -2.36. The minimum absolute atomic E-state index is 0.00497. The number of H-pyrrole nitrogens is 1. The van der Waals surface area contributed by atoms with Crippen LogP contribution in [-0.2, 0) is 16.1 Å².